The molecule has 2 unspecified atom stereocenters. The molecule has 1 aliphatic heterocycles. The van der Waals surface area contributed by atoms with Crippen LogP contribution in [0, 0.1) is 18.8 Å². The van der Waals surface area contributed by atoms with E-state index in [9.17, 15) is 14.7 Å². The summed E-state index contributed by atoms with van der Waals surface area (Å²) in [7, 11) is 3.54. The van der Waals surface area contributed by atoms with Crippen molar-refractivity contribution in [1.82, 2.24) is 25.1 Å². The highest BCUT2D eigenvalue weighted by Gasteiger charge is 2.34. The van der Waals surface area contributed by atoms with E-state index in [-0.39, 0.29) is 18.4 Å². The normalized spacial score (nSPS) is 19.8. The van der Waals surface area contributed by atoms with Gasteiger partial charge in [-0.3, -0.25) is 19.5 Å². The molecular formula is C36H43N5O3. The van der Waals surface area contributed by atoms with Gasteiger partial charge in [0.2, 0.25) is 5.91 Å². The van der Waals surface area contributed by atoms with E-state index in [4.69, 9.17) is 9.97 Å². The Morgan fingerprint density at radius 3 is 2.64 bits per heavy atom. The maximum atomic E-state index is 12.5. The van der Waals surface area contributed by atoms with E-state index >= 15 is 0 Å². The van der Waals surface area contributed by atoms with Gasteiger partial charge in [-0.2, -0.15) is 0 Å². The van der Waals surface area contributed by atoms with Gasteiger partial charge in [0.15, 0.2) is 0 Å². The van der Waals surface area contributed by atoms with Crippen molar-refractivity contribution in [2.24, 2.45) is 11.8 Å². The highest BCUT2D eigenvalue weighted by Crippen LogP contribution is 2.44. The molecule has 2 aromatic carbocycles. The van der Waals surface area contributed by atoms with Crippen molar-refractivity contribution < 1.29 is 14.7 Å². The third kappa shape index (κ3) is 6.33. The zero-order valence-corrected chi connectivity index (χ0v) is 26.3. The number of aryl methyl sites for hydroxylation is 1. The topological polar surface area (TPSA) is 98.7 Å². The van der Waals surface area contributed by atoms with Crippen LogP contribution in [-0.2, 0) is 24.2 Å². The number of nitrogens with zero attached hydrogens (tertiary/aromatic N) is 4. The first-order valence-corrected chi connectivity index (χ1v) is 15.9. The first-order valence-electron chi connectivity index (χ1n) is 15.9. The number of hydrogen-bond acceptors (Lipinski definition) is 6. The number of allylic oxidation sites excluding steroid dienone is 1. The van der Waals surface area contributed by atoms with Gasteiger partial charge in [-0.15, -0.1) is 0 Å². The molecule has 0 spiro atoms. The van der Waals surface area contributed by atoms with Gasteiger partial charge >= 0.3 is 0 Å². The van der Waals surface area contributed by atoms with Crippen molar-refractivity contribution in [2.45, 2.75) is 58.6 Å². The van der Waals surface area contributed by atoms with Crippen LogP contribution < -0.4 is 5.32 Å². The Morgan fingerprint density at radius 1 is 1.14 bits per heavy atom. The van der Waals surface area contributed by atoms with Crippen LogP contribution in [0.3, 0.4) is 0 Å². The van der Waals surface area contributed by atoms with Crippen molar-refractivity contribution in [1.29, 1.82) is 0 Å². The monoisotopic (exact) mass is 593 g/mol. The number of rotatable bonds is 8. The van der Waals surface area contributed by atoms with Crippen LogP contribution in [0.2, 0.25) is 0 Å². The van der Waals surface area contributed by atoms with Gasteiger partial charge in [0.05, 0.1) is 29.4 Å². The smallest absolute Gasteiger partial charge is 0.253 e. The van der Waals surface area contributed by atoms with Gasteiger partial charge < -0.3 is 15.3 Å². The molecule has 3 aromatic rings. The number of aliphatic hydroxyl groups excluding tert-OH is 1. The third-order valence-electron chi connectivity index (χ3n) is 9.45. The maximum absolute atomic E-state index is 12.5. The first-order chi connectivity index (χ1) is 21.2. The highest BCUT2D eigenvalue weighted by molar-refractivity contribution is 5.94. The second-order valence-electron chi connectivity index (χ2n) is 13.0. The molecule has 2 N–H and O–H groups in total. The van der Waals surface area contributed by atoms with Gasteiger partial charge in [-0.1, -0.05) is 18.2 Å². The lowest BCUT2D eigenvalue weighted by Gasteiger charge is -2.33. The number of aromatic nitrogens is 2. The van der Waals surface area contributed by atoms with Gasteiger partial charge in [0.1, 0.15) is 0 Å². The SMILES string of the molecule is Cc1cc(-c2cnc3c(n2)C(c2ccc(C(=O)N(C)C)cc2)=CC2CCC2C3)cc2c1CCN(CCC(=O)NC[C@H](C)O)C2. The van der Waals surface area contributed by atoms with Crippen molar-refractivity contribution >= 4 is 17.4 Å². The summed E-state index contributed by atoms with van der Waals surface area (Å²) >= 11 is 0. The number of carbonyl (C=O) groups is 2. The van der Waals surface area contributed by atoms with E-state index in [1.54, 1.807) is 25.9 Å². The van der Waals surface area contributed by atoms with E-state index in [1.165, 1.54) is 29.5 Å². The molecule has 1 saturated carbocycles. The fourth-order valence-electron chi connectivity index (χ4n) is 6.74. The average Bonchev–Trinajstić information content (AvgIpc) is 3.11. The van der Waals surface area contributed by atoms with E-state index in [2.05, 4.69) is 35.3 Å². The summed E-state index contributed by atoms with van der Waals surface area (Å²) in [6.07, 6.45) is 8.50. The minimum Gasteiger partial charge on any atom is -0.392 e. The Bertz CT molecular complexity index is 1590. The highest BCUT2D eigenvalue weighted by atomic mass is 16.3. The lowest BCUT2D eigenvalue weighted by atomic mass is 9.72. The number of aliphatic hydroxyl groups is 1. The summed E-state index contributed by atoms with van der Waals surface area (Å²) < 4.78 is 0. The Kier molecular flexibility index (Phi) is 8.65. The number of hydrogen-bond donors (Lipinski definition) is 2. The fourth-order valence-corrected chi connectivity index (χ4v) is 6.74. The average molecular weight is 594 g/mol. The van der Waals surface area contributed by atoms with E-state index in [0.717, 1.165) is 59.7 Å². The van der Waals surface area contributed by atoms with Gasteiger partial charge in [-0.05, 0) is 97.9 Å². The Labute approximate surface area is 260 Å². The van der Waals surface area contributed by atoms with Crippen LogP contribution in [0.1, 0.15) is 70.2 Å². The molecule has 44 heavy (non-hydrogen) atoms. The van der Waals surface area contributed by atoms with Crippen LogP contribution in [-0.4, -0.2) is 76.5 Å². The lowest BCUT2D eigenvalue weighted by Crippen LogP contribution is -2.36. The number of benzene rings is 2. The molecule has 1 aromatic heterocycles. The Balaban J connectivity index is 1.28. The van der Waals surface area contributed by atoms with E-state index in [1.807, 2.05) is 30.5 Å². The first kappa shape index (κ1) is 30.2. The molecule has 8 nitrogen and oxygen atoms in total. The largest absolute Gasteiger partial charge is 0.392 e. The standard InChI is InChI=1S/C36H43N5O3/c1-22-15-28(16-29-21-41(13-11-30(22)29)14-12-34(43)38-19-23(2)42)33-20-37-32-18-27-10-9-26(27)17-31(35(32)39-33)24-5-7-25(8-6-24)36(44)40(3)4/h5-8,15-17,20,23,26-27,42H,9-14,18-19,21H2,1-4H3,(H,38,43)/t23-,26?,27?/m0/s1. The third-order valence-corrected chi connectivity index (χ3v) is 9.45. The van der Waals surface area contributed by atoms with Crippen LogP contribution >= 0.6 is 0 Å². The van der Waals surface area contributed by atoms with Crippen molar-refractivity contribution in [2.75, 3.05) is 33.7 Å². The minimum atomic E-state index is -0.542. The van der Waals surface area contributed by atoms with Crippen molar-refractivity contribution in [3.05, 3.63) is 87.9 Å². The molecule has 230 valence electrons. The van der Waals surface area contributed by atoms with Gasteiger partial charge in [0.25, 0.3) is 5.91 Å². The number of amides is 2. The molecule has 8 heteroatoms. The number of nitrogens with one attached hydrogen (secondary N) is 1. The molecule has 2 amide bonds. The predicted octanol–water partition coefficient (Wildman–Crippen LogP) is 4.41. The molecule has 3 atom stereocenters. The van der Waals surface area contributed by atoms with Crippen LogP contribution in [0.15, 0.2) is 48.7 Å². The number of fused-ring (bicyclic) bond motifs is 3. The Hall–Kier alpha value is -3.88. The number of carbonyl (C=O) groups excluding carboxylic acids is 2. The van der Waals surface area contributed by atoms with Crippen LogP contribution in [0.25, 0.3) is 16.8 Å². The van der Waals surface area contributed by atoms with Crippen molar-refractivity contribution in [3.63, 3.8) is 0 Å². The van der Waals surface area contributed by atoms with E-state index < -0.39 is 6.10 Å². The van der Waals surface area contributed by atoms with Crippen LogP contribution in [0.5, 0.6) is 0 Å². The molecule has 2 aliphatic carbocycles. The molecule has 6 rings (SSSR count). The van der Waals surface area contributed by atoms with Crippen molar-refractivity contribution in [3.8, 4) is 11.3 Å². The quantitative estimate of drug-likeness (QED) is 0.402. The molecule has 3 aliphatic rings. The molecule has 1 fully saturated rings. The van der Waals surface area contributed by atoms with Gasteiger partial charge in [-0.25, -0.2) is 4.98 Å². The maximum Gasteiger partial charge on any atom is 0.253 e. The summed E-state index contributed by atoms with van der Waals surface area (Å²) in [5, 5.41) is 12.2. The zero-order valence-electron chi connectivity index (χ0n) is 26.3. The van der Waals surface area contributed by atoms with Crippen LogP contribution in [0.4, 0.5) is 0 Å². The second kappa shape index (κ2) is 12.6. The fraction of sp³-hybridized carbons (Fsp3) is 0.444. The summed E-state index contributed by atoms with van der Waals surface area (Å²) in [6.45, 7) is 6.53. The van der Waals surface area contributed by atoms with Gasteiger partial charge in [0, 0.05) is 63.4 Å². The second-order valence-corrected chi connectivity index (χ2v) is 13.0. The predicted molar refractivity (Wildman–Crippen MR) is 172 cm³/mol. The summed E-state index contributed by atoms with van der Waals surface area (Å²) in [4.78, 5) is 39.0. The molecule has 0 radical (unpaired) electrons. The molecule has 0 bridgehead atoms. The molecule has 2 heterocycles. The Morgan fingerprint density at radius 2 is 1.93 bits per heavy atom. The lowest BCUT2D eigenvalue weighted by molar-refractivity contribution is -0.121. The minimum absolute atomic E-state index is 0.00567. The zero-order chi connectivity index (χ0) is 31.0. The molecular weight excluding hydrogens is 550 g/mol. The summed E-state index contributed by atoms with van der Waals surface area (Å²) in [5.41, 5.74) is 10.7. The summed E-state index contributed by atoms with van der Waals surface area (Å²) in [6, 6.07) is 12.4. The molecule has 0 saturated heterocycles. The van der Waals surface area contributed by atoms with E-state index in [0.29, 0.717) is 30.4 Å². The summed E-state index contributed by atoms with van der Waals surface area (Å²) in [5.74, 6) is 1.10.